The Labute approximate surface area is 137 Å². The van der Waals surface area contributed by atoms with Gasteiger partial charge in [0.25, 0.3) is 0 Å². The van der Waals surface area contributed by atoms with Gasteiger partial charge in [0.2, 0.25) is 0 Å². The molecule has 2 rings (SSSR count). The number of unbranched alkanes of at least 4 members (excludes halogenated alkanes) is 1. The fourth-order valence-corrected chi connectivity index (χ4v) is 2.14. The minimum absolute atomic E-state index is 0.244. The van der Waals surface area contributed by atoms with Crippen LogP contribution in [0.2, 0.25) is 0 Å². The van der Waals surface area contributed by atoms with Crippen LogP contribution >= 0.6 is 0 Å². The minimum Gasteiger partial charge on any atom is -0.508 e. The lowest BCUT2D eigenvalue weighted by Crippen LogP contribution is -2.05. The van der Waals surface area contributed by atoms with E-state index in [0.29, 0.717) is 19.0 Å². The van der Waals surface area contributed by atoms with Gasteiger partial charge in [-0.2, -0.15) is 0 Å². The molecule has 0 radical (unpaired) electrons. The van der Waals surface area contributed by atoms with Crippen molar-refractivity contribution in [2.45, 2.75) is 26.2 Å². The molecule has 0 aliphatic carbocycles. The summed E-state index contributed by atoms with van der Waals surface area (Å²) in [6.07, 6.45) is 6.75. The number of rotatable bonds is 10. The maximum Gasteiger partial charge on any atom is 0.159 e. The first-order chi connectivity index (χ1) is 11.3. The lowest BCUT2D eigenvalue weighted by atomic mass is 10.1. The Morgan fingerprint density at radius 3 is 2.30 bits per heavy atom. The predicted molar refractivity (Wildman–Crippen MR) is 89.4 cm³/mol. The van der Waals surface area contributed by atoms with Crippen LogP contribution in [0.15, 0.2) is 36.7 Å². The molecule has 0 unspecified atom stereocenters. The third-order valence-corrected chi connectivity index (χ3v) is 3.41. The lowest BCUT2D eigenvalue weighted by Gasteiger charge is -2.05. The van der Waals surface area contributed by atoms with Crippen LogP contribution in [0.1, 0.15) is 25.3 Å². The maximum absolute atomic E-state index is 9.29. The van der Waals surface area contributed by atoms with Crippen LogP contribution in [0.25, 0.3) is 11.4 Å². The van der Waals surface area contributed by atoms with Gasteiger partial charge in [0.05, 0.1) is 13.2 Å². The molecule has 0 saturated carbocycles. The zero-order valence-electron chi connectivity index (χ0n) is 13.6. The number of aromatic nitrogens is 2. The molecule has 2 aromatic rings. The van der Waals surface area contributed by atoms with E-state index in [-0.39, 0.29) is 5.75 Å². The number of phenolic OH excluding ortho intramolecular Hbond substituents is 1. The Morgan fingerprint density at radius 1 is 0.913 bits per heavy atom. The zero-order chi connectivity index (χ0) is 16.3. The topological polar surface area (TPSA) is 64.5 Å². The summed E-state index contributed by atoms with van der Waals surface area (Å²) < 4.78 is 10.7. The molecule has 1 aromatic carbocycles. The molecule has 0 saturated heterocycles. The molecule has 0 atom stereocenters. The highest BCUT2D eigenvalue weighted by Crippen LogP contribution is 2.18. The van der Waals surface area contributed by atoms with Crippen molar-refractivity contribution in [3.8, 4) is 17.1 Å². The molecular formula is C18H24N2O3. The smallest absolute Gasteiger partial charge is 0.159 e. The van der Waals surface area contributed by atoms with Gasteiger partial charge in [-0.25, -0.2) is 9.97 Å². The molecule has 0 aliphatic rings. The average molecular weight is 316 g/mol. The van der Waals surface area contributed by atoms with Crippen LogP contribution in [0.5, 0.6) is 5.75 Å². The van der Waals surface area contributed by atoms with Gasteiger partial charge in [-0.3, -0.25) is 0 Å². The predicted octanol–water partition coefficient (Wildman–Crippen LogP) is 3.23. The highest BCUT2D eigenvalue weighted by atomic mass is 16.5. The molecule has 1 aromatic heterocycles. The molecule has 1 N–H and O–H groups in total. The molecule has 0 amide bonds. The largest absolute Gasteiger partial charge is 0.508 e. The molecule has 0 fully saturated rings. The van der Waals surface area contributed by atoms with Gasteiger partial charge < -0.3 is 14.6 Å². The molecular weight excluding hydrogens is 292 g/mol. The Morgan fingerprint density at radius 2 is 1.61 bits per heavy atom. The van der Waals surface area contributed by atoms with Crippen molar-refractivity contribution in [2.75, 3.05) is 26.4 Å². The van der Waals surface area contributed by atoms with Gasteiger partial charge in [0.15, 0.2) is 5.82 Å². The first-order valence-corrected chi connectivity index (χ1v) is 8.05. The molecule has 23 heavy (non-hydrogen) atoms. The van der Waals surface area contributed by atoms with E-state index >= 15 is 0 Å². The van der Waals surface area contributed by atoms with Crippen molar-refractivity contribution in [3.05, 3.63) is 42.2 Å². The molecule has 5 nitrogen and oxygen atoms in total. The normalized spacial score (nSPS) is 10.8. The van der Waals surface area contributed by atoms with Crippen LogP contribution < -0.4 is 0 Å². The van der Waals surface area contributed by atoms with Gasteiger partial charge in [-0.05, 0) is 56.0 Å². The van der Waals surface area contributed by atoms with E-state index in [1.165, 1.54) is 0 Å². The lowest BCUT2D eigenvalue weighted by molar-refractivity contribution is 0.0514. The quantitative estimate of drug-likeness (QED) is 0.682. The van der Waals surface area contributed by atoms with Crippen molar-refractivity contribution < 1.29 is 14.6 Å². The summed E-state index contributed by atoms with van der Waals surface area (Å²) in [6, 6.07) is 6.89. The van der Waals surface area contributed by atoms with Crippen LogP contribution in [0.4, 0.5) is 0 Å². The van der Waals surface area contributed by atoms with E-state index in [1.54, 1.807) is 12.1 Å². The van der Waals surface area contributed by atoms with Crippen molar-refractivity contribution in [2.24, 2.45) is 0 Å². The third-order valence-electron chi connectivity index (χ3n) is 3.41. The Kier molecular flexibility index (Phi) is 7.49. The maximum atomic E-state index is 9.29. The van der Waals surface area contributed by atoms with Gasteiger partial charge in [0, 0.05) is 31.2 Å². The van der Waals surface area contributed by atoms with Gasteiger partial charge in [0.1, 0.15) is 5.75 Å². The van der Waals surface area contributed by atoms with Crippen LogP contribution in [-0.2, 0) is 15.9 Å². The first kappa shape index (κ1) is 17.4. The molecule has 0 aliphatic heterocycles. The summed E-state index contributed by atoms with van der Waals surface area (Å²) in [5, 5.41) is 9.29. The van der Waals surface area contributed by atoms with Gasteiger partial charge in [-0.1, -0.05) is 0 Å². The van der Waals surface area contributed by atoms with Crippen LogP contribution in [0.3, 0.4) is 0 Å². The Bertz CT molecular complexity index is 555. The summed E-state index contributed by atoms with van der Waals surface area (Å²) >= 11 is 0. The van der Waals surface area contributed by atoms with Crippen molar-refractivity contribution in [1.29, 1.82) is 0 Å². The fraction of sp³-hybridized carbons (Fsp3) is 0.444. The van der Waals surface area contributed by atoms with Crippen molar-refractivity contribution >= 4 is 0 Å². The number of phenols is 1. The standard InChI is InChI=1S/C18H24N2O3/c1-2-22-11-12-23-10-4-3-5-15-13-19-18(20-14-15)16-6-8-17(21)9-7-16/h6-9,13-14,21H,2-5,10-12H2,1H3. The van der Waals surface area contributed by atoms with Crippen LogP contribution in [-0.4, -0.2) is 41.5 Å². The Balaban J connectivity index is 1.68. The summed E-state index contributed by atoms with van der Waals surface area (Å²) in [5.41, 5.74) is 2.03. The van der Waals surface area contributed by atoms with Gasteiger partial charge >= 0.3 is 0 Å². The zero-order valence-corrected chi connectivity index (χ0v) is 13.6. The molecule has 124 valence electrons. The molecule has 0 spiro atoms. The second-order valence-electron chi connectivity index (χ2n) is 5.23. The van der Waals surface area contributed by atoms with E-state index in [2.05, 4.69) is 9.97 Å². The fourth-order valence-electron chi connectivity index (χ4n) is 2.14. The number of benzene rings is 1. The highest BCUT2D eigenvalue weighted by Gasteiger charge is 2.02. The Hall–Kier alpha value is -1.98. The minimum atomic E-state index is 0.244. The number of ether oxygens (including phenoxy) is 2. The summed E-state index contributed by atoms with van der Waals surface area (Å²) in [6.45, 7) is 4.82. The summed E-state index contributed by atoms with van der Waals surface area (Å²) in [7, 11) is 0. The number of hydrogen-bond acceptors (Lipinski definition) is 5. The van der Waals surface area contributed by atoms with Crippen molar-refractivity contribution in [3.63, 3.8) is 0 Å². The van der Waals surface area contributed by atoms with Gasteiger partial charge in [-0.15, -0.1) is 0 Å². The first-order valence-electron chi connectivity index (χ1n) is 8.05. The van der Waals surface area contributed by atoms with E-state index in [0.717, 1.165) is 43.6 Å². The van der Waals surface area contributed by atoms with E-state index in [4.69, 9.17) is 9.47 Å². The second kappa shape index (κ2) is 9.92. The average Bonchev–Trinajstić information content (AvgIpc) is 2.59. The van der Waals surface area contributed by atoms with E-state index in [1.807, 2.05) is 31.5 Å². The number of hydrogen-bond donors (Lipinski definition) is 1. The van der Waals surface area contributed by atoms with Crippen LogP contribution in [0, 0.1) is 0 Å². The molecule has 5 heteroatoms. The van der Waals surface area contributed by atoms with E-state index < -0.39 is 0 Å². The highest BCUT2D eigenvalue weighted by molar-refractivity contribution is 5.55. The third kappa shape index (κ3) is 6.34. The SMILES string of the molecule is CCOCCOCCCCc1cnc(-c2ccc(O)cc2)nc1. The van der Waals surface area contributed by atoms with E-state index in [9.17, 15) is 5.11 Å². The monoisotopic (exact) mass is 316 g/mol. The summed E-state index contributed by atoms with van der Waals surface area (Å²) in [5.74, 6) is 0.918. The molecule has 0 bridgehead atoms. The number of aromatic hydroxyl groups is 1. The summed E-state index contributed by atoms with van der Waals surface area (Å²) in [4.78, 5) is 8.77. The van der Waals surface area contributed by atoms with Crippen molar-refractivity contribution in [1.82, 2.24) is 9.97 Å². The molecule has 1 heterocycles. The second-order valence-corrected chi connectivity index (χ2v) is 5.23. The number of aryl methyl sites for hydroxylation is 1. The number of nitrogens with zero attached hydrogens (tertiary/aromatic N) is 2.